The summed E-state index contributed by atoms with van der Waals surface area (Å²) in [5.74, 6) is -0.913. The maximum atomic E-state index is 14.8. The van der Waals surface area contributed by atoms with Crippen LogP contribution in [0.1, 0.15) is 65.1 Å². The van der Waals surface area contributed by atoms with Crippen molar-refractivity contribution in [3.8, 4) is 0 Å². The number of nitrogens with one attached hydrogen (secondary N) is 1. The first-order chi connectivity index (χ1) is 18.2. The van der Waals surface area contributed by atoms with E-state index in [1.54, 1.807) is 44.4 Å². The lowest BCUT2D eigenvalue weighted by molar-refractivity contribution is 0.0133. The zero-order valence-electron chi connectivity index (χ0n) is 22.6. The van der Waals surface area contributed by atoms with Crippen LogP contribution in [-0.2, 0) is 4.74 Å². The van der Waals surface area contributed by atoms with Crippen LogP contribution in [0.5, 0.6) is 0 Å². The van der Waals surface area contributed by atoms with E-state index in [1.807, 2.05) is 6.92 Å². The zero-order chi connectivity index (χ0) is 28.8. The number of hydrogen-bond acceptors (Lipinski definition) is 6. The number of dihydropyridines is 1. The Kier molecular flexibility index (Phi) is 7.89. The van der Waals surface area contributed by atoms with Crippen molar-refractivity contribution in [2.75, 3.05) is 24.5 Å². The molecule has 1 saturated heterocycles. The van der Waals surface area contributed by atoms with Gasteiger partial charge in [-0.2, -0.15) is 4.99 Å². The van der Waals surface area contributed by atoms with Crippen LogP contribution in [-0.4, -0.2) is 70.2 Å². The molecule has 0 aromatic carbocycles. The third kappa shape index (κ3) is 5.70. The van der Waals surface area contributed by atoms with Gasteiger partial charge in [-0.05, 0) is 45.8 Å². The number of rotatable bonds is 3. The zero-order valence-corrected chi connectivity index (χ0v) is 23.4. The van der Waals surface area contributed by atoms with Crippen molar-refractivity contribution in [3.63, 3.8) is 0 Å². The van der Waals surface area contributed by atoms with Gasteiger partial charge in [0.05, 0.1) is 11.4 Å². The average molecular weight is 569 g/mol. The van der Waals surface area contributed by atoms with Crippen LogP contribution in [0.4, 0.5) is 28.4 Å². The Morgan fingerprint density at radius 3 is 2.54 bits per heavy atom. The van der Waals surface area contributed by atoms with E-state index < -0.39 is 41.7 Å². The summed E-state index contributed by atoms with van der Waals surface area (Å²) in [6.07, 6.45) is -2.06. The second kappa shape index (κ2) is 10.7. The first kappa shape index (κ1) is 28.7. The van der Waals surface area contributed by atoms with E-state index in [2.05, 4.69) is 15.3 Å². The fourth-order valence-electron chi connectivity index (χ4n) is 4.82. The number of amides is 3. The van der Waals surface area contributed by atoms with Gasteiger partial charge >= 0.3 is 12.1 Å². The Labute approximate surface area is 230 Å². The van der Waals surface area contributed by atoms with Crippen LogP contribution in [0, 0.1) is 0 Å². The molecule has 4 rings (SSSR count). The van der Waals surface area contributed by atoms with E-state index in [-0.39, 0.29) is 59.5 Å². The molecule has 2 atom stereocenters. The molecule has 212 valence electrons. The maximum absolute atomic E-state index is 14.8. The van der Waals surface area contributed by atoms with Crippen LogP contribution in [0.15, 0.2) is 39.9 Å². The lowest BCUT2D eigenvalue weighted by Crippen LogP contribution is -2.61. The summed E-state index contributed by atoms with van der Waals surface area (Å²) in [7, 11) is 0. The molecule has 1 N–H and O–H groups in total. The molecule has 0 spiro atoms. The highest BCUT2D eigenvalue weighted by Crippen LogP contribution is 2.40. The number of halogens is 4. The number of urea groups is 1. The Hall–Kier alpha value is -3.28. The Bertz CT molecular complexity index is 1230. The summed E-state index contributed by atoms with van der Waals surface area (Å²) in [4.78, 5) is 39.2. The summed E-state index contributed by atoms with van der Waals surface area (Å²) in [6.45, 7) is 11.5. The number of alkyl halides is 2. The van der Waals surface area contributed by atoms with Gasteiger partial charge in [0.2, 0.25) is 0 Å². The minimum atomic E-state index is -2.90. The highest BCUT2D eigenvalue weighted by molar-refractivity contribution is 6.30. The van der Waals surface area contributed by atoms with Crippen LogP contribution in [0.3, 0.4) is 0 Å². The number of fused-ring (bicyclic) bond motifs is 1. The van der Waals surface area contributed by atoms with Crippen molar-refractivity contribution >= 4 is 35.2 Å². The number of allylic oxidation sites excluding steroid dienone is 2. The van der Waals surface area contributed by atoms with E-state index in [0.717, 1.165) is 17.0 Å². The normalized spacial score (nSPS) is 22.2. The standard InChI is InChI=1S/C26H32ClF3N6O3/c1-13(2)18-19(15(21(29)30)7-8-31-18)36-23-16(11-17(28)20(27)32-23)22(33-24(36)37)35-10-9-34(12-14(35)3)25(38)39-26(4,5)6/h7-8,11,13-14,21,23,32H,9-10,12H2,1-6H3/t14-,23?/m0/s1. The number of aliphatic imine (C=N–C) groups is 1. The van der Waals surface area contributed by atoms with Crippen LogP contribution in [0.25, 0.3) is 0 Å². The molecule has 1 unspecified atom stereocenters. The number of anilines is 1. The number of amidine groups is 1. The van der Waals surface area contributed by atoms with Gasteiger partial charge in [0.25, 0.3) is 6.43 Å². The Morgan fingerprint density at radius 2 is 1.95 bits per heavy atom. The second-order valence-electron chi connectivity index (χ2n) is 11.0. The largest absolute Gasteiger partial charge is 0.444 e. The summed E-state index contributed by atoms with van der Waals surface area (Å²) < 4.78 is 48.6. The smallest absolute Gasteiger partial charge is 0.410 e. The molecular weight excluding hydrogens is 537 g/mol. The quantitative estimate of drug-likeness (QED) is 0.474. The molecule has 13 heteroatoms. The molecular formula is C26H32ClF3N6O3. The Balaban J connectivity index is 1.75. The van der Waals surface area contributed by atoms with Gasteiger partial charge in [-0.3, -0.25) is 9.88 Å². The molecule has 0 bridgehead atoms. The first-order valence-electron chi connectivity index (χ1n) is 12.7. The van der Waals surface area contributed by atoms with Gasteiger partial charge < -0.3 is 19.9 Å². The molecule has 1 aromatic rings. The fraction of sp³-hybridized carbons (Fsp3) is 0.538. The van der Waals surface area contributed by atoms with E-state index in [9.17, 15) is 22.8 Å². The topological polar surface area (TPSA) is 90.4 Å². The average Bonchev–Trinajstić information content (AvgIpc) is 2.83. The lowest BCUT2D eigenvalue weighted by atomic mass is 9.98. The van der Waals surface area contributed by atoms with Gasteiger partial charge in [0.15, 0.2) is 5.83 Å². The third-order valence-electron chi connectivity index (χ3n) is 6.53. The van der Waals surface area contributed by atoms with Gasteiger partial charge in [-0.15, -0.1) is 0 Å². The van der Waals surface area contributed by atoms with Gasteiger partial charge in [-0.1, -0.05) is 25.4 Å². The van der Waals surface area contributed by atoms with Crippen molar-refractivity contribution in [2.45, 2.75) is 71.7 Å². The van der Waals surface area contributed by atoms with E-state index in [0.29, 0.717) is 0 Å². The number of carbonyl (C=O) groups excluding carboxylic acids is 2. The SMILES string of the molecule is CC(C)c1nccc(C(F)F)c1N1C(=O)N=C(N2CCN(C(=O)OC(C)(C)C)C[C@@H]2C)C2=CC(F)=C(Cl)NC21. The van der Waals surface area contributed by atoms with Gasteiger partial charge in [-0.25, -0.2) is 22.8 Å². The minimum absolute atomic E-state index is 0.0896. The van der Waals surface area contributed by atoms with Gasteiger partial charge in [0, 0.05) is 43.0 Å². The molecule has 0 aliphatic carbocycles. The highest BCUT2D eigenvalue weighted by atomic mass is 35.5. The molecule has 0 radical (unpaired) electrons. The molecule has 4 heterocycles. The fourth-order valence-corrected chi connectivity index (χ4v) is 4.98. The van der Waals surface area contributed by atoms with Crippen molar-refractivity contribution in [2.24, 2.45) is 4.99 Å². The number of ether oxygens (including phenoxy) is 1. The molecule has 0 saturated carbocycles. The highest BCUT2D eigenvalue weighted by Gasteiger charge is 2.44. The van der Waals surface area contributed by atoms with Gasteiger partial charge in [0.1, 0.15) is 22.8 Å². The molecule has 9 nitrogen and oxygen atoms in total. The summed E-state index contributed by atoms with van der Waals surface area (Å²) in [5, 5.41) is 2.40. The number of aromatic nitrogens is 1. The first-order valence-corrected chi connectivity index (χ1v) is 13.0. The molecule has 3 aliphatic rings. The van der Waals surface area contributed by atoms with Crippen molar-refractivity contribution in [3.05, 3.63) is 46.2 Å². The summed E-state index contributed by atoms with van der Waals surface area (Å²) in [6, 6.07) is 0.00207. The predicted molar refractivity (Wildman–Crippen MR) is 142 cm³/mol. The van der Waals surface area contributed by atoms with Crippen molar-refractivity contribution in [1.82, 2.24) is 20.1 Å². The second-order valence-corrected chi connectivity index (χ2v) is 11.3. The van der Waals surface area contributed by atoms with Crippen molar-refractivity contribution < 1.29 is 27.5 Å². The molecule has 1 fully saturated rings. The lowest BCUT2D eigenvalue weighted by Gasteiger charge is -2.46. The number of hydrogen-bond donors (Lipinski definition) is 1. The monoisotopic (exact) mass is 568 g/mol. The minimum Gasteiger partial charge on any atom is -0.444 e. The summed E-state index contributed by atoms with van der Waals surface area (Å²) >= 11 is 6.10. The predicted octanol–water partition coefficient (Wildman–Crippen LogP) is 5.66. The van der Waals surface area contributed by atoms with E-state index >= 15 is 0 Å². The van der Waals surface area contributed by atoms with Crippen LogP contribution < -0.4 is 10.2 Å². The number of carbonyl (C=O) groups is 2. The van der Waals surface area contributed by atoms with Crippen LogP contribution >= 0.6 is 11.6 Å². The molecule has 1 aromatic heterocycles. The maximum Gasteiger partial charge on any atom is 0.410 e. The molecule has 3 aliphatic heterocycles. The van der Waals surface area contributed by atoms with E-state index in [4.69, 9.17) is 16.3 Å². The number of nitrogens with zero attached hydrogens (tertiary/aromatic N) is 5. The van der Waals surface area contributed by atoms with Crippen molar-refractivity contribution in [1.29, 1.82) is 0 Å². The van der Waals surface area contributed by atoms with E-state index in [1.165, 1.54) is 6.20 Å². The number of pyridine rings is 1. The Morgan fingerprint density at radius 1 is 1.26 bits per heavy atom. The third-order valence-corrected chi connectivity index (χ3v) is 6.82. The summed E-state index contributed by atoms with van der Waals surface area (Å²) in [5.41, 5.74) is -0.631. The molecule has 39 heavy (non-hydrogen) atoms. The number of piperazine rings is 1. The molecule has 3 amide bonds. The van der Waals surface area contributed by atoms with Crippen LogP contribution in [0.2, 0.25) is 0 Å².